The molecule has 210 valence electrons. The Bertz CT molecular complexity index is 1170. The van der Waals surface area contributed by atoms with Crippen molar-refractivity contribution in [3.63, 3.8) is 0 Å². The molecule has 1 aromatic carbocycles. The molecule has 1 aliphatic heterocycles. The molecule has 0 spiro atoms. The highest BCUT2D eigenvalue weighted by Crippen LogP contribution is 2.43. The highest BCUT2D eigenvalue weighted by Gasteiger charge is 2.40. The van der Waals surface area contributed by atoms with E-state index in [9.17, 15) is 13.2 Å². The average Bonchev–Trinajstić information content (AvgIpc) is 2.83. The minimum Gasteiger partial charge on any atom is -0.492 e. The first-order valence-corrected chi connectivity index (χ1v) is 16.4. The number of allylic oxidation sites excluding steroid dienone is 2. The lowest BCUT2D eigenvalue weighted by Gasteiger charge is -2.38. The summed E-state index contributed by atoms with van der Waals surface area (Å²) in [6, 6.07) is 5.98. The fourth-order valence-electron chi connectivity index (χ4n) is 5.81. The highest BCUT2D eigenvalue weighted by molar-refractivity contribution is 7.92. The molecule has 1 heterocycles. The molecule has 0 N–H and O–H groups in total. The maximum atomic E-state index is 13.6. The average molecular weight is 562 g/mol. The fourth-order valence-corrected chi connectivity index (χ4v) is 6.66. The van der Waals surface area contributed by atoms with Gasteiger partial charge in [0.15, 0.2) is 9.84 Å². The van der Waals surface area contributed by atoms with Gasteiger partial charge in [0.25, 0.3) is 0 Å². The number of hydrogen-bond acceptors (Lipinski definition) is 5. The van der Waals surface area contributed by atoms with Gasteiger partial charge in [-0.1, -0.05) is 49.9 Å². The fraction of sp³-hybridized carbons (Fsp3) is 0.613. The van der Waals surface area contributed by atoms with E-state index in [4.69, 9.17) is 16.3 Å². The maximum Gasteiger partial charge on any atom is 0.155 e. The standard InChI is InChI=1S/C31H44ClNO4S/c1-5-10-30(34)31(28-21-26(32)15-14-23(28)2)18-9-8-11-25(16-19-31)17-20-37-27-12-6-7-13-29(33-22-27)24(3)38(4,35)36/h6,12,14-15,21-22,24-25H,5,7-11,13,16-20H2,1-4H3/b12-6-,27-22+,33-29?. The quantitative estimate of drug-likeness (QED) is 0.293. The molecule has 0 bridgehead atoms. The minimum absolute atomic E-state index is 0.351. The zero-order chi connectivity index (χ0) is 27.8. The zero-order valence-electron chi connectivity index (χ0n) is 23.5. The van der Waals surface area contributed by atoms with Crippen LogP contribution in [0.15, 0.2) is 47.3 Å². The molecule has 2 aliphatic rings. The summed E-state index contributed by atoms with van der Waals surface area (Å²) < 4.78 is 30.1. The Morgan fingerprint density at radius 2 is 2.03 bits per heavy atom. The number of ketones is 1. The van der Waals surface area contributed by atoms with Gasteiger partial charge < -0.3 is 4.74 Å². The van der Waals surface area contributed by atoms with Crippen LogP contribution in [0.2, 0.25) is 5.02 Å². The third-order valence-corrected chi connectivity index (χ3v) is 10.1. The normalized spacial score (nSPS) is 26.0. The van der Waals surface area contributed by atoms with Crippen molar-refractivity contribution in [2.45, 2.75) is 102 Å². The van der Waals surface area contributed by atoms with Crippen LogP contribution in [0.25, 0.3) is 0 Å². The van der Waals surface area contributed by atoms with Crippen LogP contribution in [0.4, 0.5) is 0 Å². The van der Waals surface area contributed by atoms with Crippen LogP contribution in [0.5, 0.6) is 0 Å². The van der Waals surface area contributed by atoms with E-state index >= 15 is 0 Å². The Kier molecular flexibility index (Phi) is 11.2. The summed E-state index contributed by atoms with van der Waals surface area (Å²) in [6.45, 7) is 6.43. The Balaban J connectivity index is 1.70. The smallest absolute Gasteiger partial charge is 0.155 e. The predicted molar refractivity (Wildman–Crippen MR) is 158 cm³/mol. The molecular weight excluding hydrogens is 518 g/mol. The molecule has 7 heteroatoms. The molecule has 3 unspecified atom stereocenters. The van der Waals surface area contributed by atoms with Crippen molar-refractivity contribution in [2.75, 3.05) is 12.9 Å². The number of carbonyl (C=O) groups excluding carboxylic acids is 1. The van der Waals surface area contributed by atoms with Gasteiger partial charge in [-0.15, -0.1) is 0 Å². The number of halogens is 1. The Labute approximate surface area is 234 Å². The number of carbonyl (C=O) groups is 1. The van der Waals surface area contributed by atoms with Crippen LogP contribution in [0.1, 0.15) is 95.6 Å². The molecule has 1 fully saturated rings. The topological polar surface area (TPSA) is 72.8 Å². The molecule has 0 aromatic heterocycles. The molecule has 1 aliphatic carbocycles. The number of hydrogen-bond donors (Lipinski definition) is 0. The molecule has 0 saturated heterocycles. The number of aryl methyl sites for hydroxylation is 1. The van der Waals surface area contributed by atoms with E-state index in [2.05, 4.69) is 18.8 Å². The number of aliphatic imine (C=N–C) groups is 1. The van der Waals surface area contributed by atoms with E-state index < -0.39 is 20.5 Å². The first kappa shape index (κ1) is 30.6. The molecule has 3 rings (SSSR count). The van der Waals surface area contributed by atoms with Crippen molar-refractivity contribution in [2.24, 2.45) is 10.9 Å². The predicted octanol–water partition coefficient (Wildman–Crippen LogP) is 7.70. The van der Waals surface area contributed by atoms with E-state index in [0.717, 1.165) is 68.9 Å². The van der Waals surface area contributed by atoms with Crippen molar-refractivity contribution in [1.29, 1.82) is 0 Å². The first-order valence-electron chi connectivity index (χ1n) is 14.1. The summed E-state index contributed by atoms with van der Waals surface area (Å²) in [5.74, 6) is 1.49. The maximum absolute atomic E-state index is 13.6. The zero-order valence-corrected chi connectivity index (χ0v) is 25.0. The minimum atomic E-state index is -3.19. The number of benzene rings is 1. The number of rotatable bonds is 10. The van der Waals surface area contributed by atoms with Gasteiger partial charge in [0, 0.05) is 23.4 Å². The van der Waals surface area contributed by atoms with Crippen molar-refractivity contribution < 1.29 is 17.9 Å². The molecule has 0 radical (unpaired) electrons. The molecule has 5 nitrogen and oxygen atoms in total. The van der Waals surface area contributed by atoms with Crippen LogP contribution in [0.3, 0.4) is 0 Å². The highest BCUT2D eigenvalue weighted by atomic mass is 35.5. The lowest BCUT2D eigenvalue weighted by molar-refractivity contribution is -0.125. The monoisotopic (exact) mass is 561 g/mol. The number of ether oxygens (including phenoxy) is 1. The van der Waals surface area contributed by atoms with Crippen molar-refractivity contribution in [3.8, 4) is 0 Å². The molecule has 3 atom stereocenters. The van der Waals surface area contributed by atoms with Crippen molar-refractivity contribution >= 4 is 32.9 Å². The second-order valence-corrected chi connectivity index (χ2v) is 13.9. The summed E-state index contributed by atoms with van der Waals surface area (Å²) in [4.78, 5) is 18.1. The summed E-state index contributed by atoms with van der Waals surface area (Å²) in [5, 5.41) is 0.0961. The lowest BCUT2D eigenvalue weighted by Crippen LogP contribution is -2.38. The molecule has 0 amide bonds. The van der Waals surface area contributed by atoms with E-state index in [1.54, 1.807) is 13.1 Å². The molecule has 1 aromatic rings. The third-order valence-electron chi connectivity index (χ3n) is 8.28. The van der Waals surface area contributed by atoms with Gasteiger partial charge in [0.05, 0.1) is 23.5 Å². The van der Waals surface area contributed by atoms with Gasteiger partial charge >= 0.3 is 0 Å². The van der Waals surface area contributed by atoms with Crippen LogP contribution in [-0.2, 0) is 24.8 Å². The SMILES string of the molecule is CCCC(=O)C1(c2cc(Cl)ccc2C)CCCCC(CCOC2=C/N=C(C(C)S(C)(=O)=O)CC/C=C\2)CC1. The summed E-state index contributed by atoms with van der Waals surface area (Å²) in [7, 11) is -3.19. The molecule has 38 heavy (non-hydrogen) atoms. The van der Waals surface area contributed by atoms with Gasteiger partial charge in [-0.05, 0) is 94.0 Å². The van der Waals surface area contributed by atoms with E-state index in [-0.39, 0.29) is 0 Å². The summed E-state index contributed by atoms with van der Waals surface area (Å²) in [6.07, 6.45) is 16.6. The number of sulfone groups is 1. The van der Waals surface area contributed by atoms with Gasteiger partial charge in [-0.25, -0.2) is 8.42 Å². The third kappa shape index (κ3) is 8.05. The molecule has 1 saturated carbocycles. The van der Waals surface area contributed by atoms with Crippen molar-refractivity contribution in [3.05, 3.63) is 58.5 Å². The second-order valence-electron chi connectivity index (χ2n) is 11.1. The van der Waals surface area contributed by atoms with Gasteiger partial charge in [0.1, 0.15) is 11.5 Å². The lowest BCUT2D eigenvalue weighted by atomic mass is 9.65. The van der Waals surface area contributed by atoms with Crippen LogP contribution >= 0.6 is 11.6 Å². The largest absolute Gasteiger partial charge is 0.492 e. The van der Waals surface area contributed by atoms with Crippen LogP contribution in [-0.4, -0.2) is 38.0 Å². The van der Waals surface area contributed by atoms with E-state index in [1.165, 1.54) is 6.26 Å². The molecular formula is C31H44ClNO4S. The van der Waals surface area contributed by atoms with Crippen LogP contribution in [0, 0.1) is 12.8 Å². The number of nitrogens with zero attached hydrogens (tertiary/aromatic N) is 1. The summed E-state index contributed by atoms with van der Waals surface area (Å²) >= 11 is 6.42. The summed E-state index contributed by atoms with van der Waals surface area (Å²) in [5.41, 5.74) is 2.47. The Morgan fingerprint density at radius 3 is 2.76 bits per heavy atom. The van der Waals surface area contributed by atoms with Gasteiger partial charge in [-0.3, -0.25) is 9.79 Å². The van der Waals surface area contributed by atoms with Gasteiger partial charge in [-0.2, -0.15) is 0 Å². The number of Topliss-reactive ketones (excluding diaryl/α,β-unsaturated/α-hetero) is 1. The van der Waals surface area contributed by atoms with Crippen molar-refractivity contribution in [1.82, 2.24) is 0 Å². The second kappa shape index (κ2) is 13.9. The Hall–Kier alpha value is -1.92. The Morgan fingerprint density at radius 1 is 1.24 bits per heavy atom. The first-order chi connectivity index (χ1) is 18.1. The van der Waals surface area contributed by atoms with E-state index in [0.29, 0.717) is 47.6 Å². The van der Waals surface area contributed by atoms with Gasteiger partial charge in [0.2, 0.25) is 0 Å². The van der Waals surface area contributed by atoms with Crippen LogP contribution < -0.4 is 0 Å². The van der Waals surface area contributed by atoms with E-state index in [1.807, 2.05) is 30.4 Å².